The van der Waals surface area contributed by atoms with Gasteiger partial charge in [-0.05, 0) is 6.07 Å². The monoisotopic (exact) mass is 352 g/mol. The molecule has 0 saturated heterocycles. The Morgan fingerprint density at radius 3 is 1.67 bits per heavy atom. The minimum Gasteiger partial charge on any atom is -0.545 e. The topological polar surface area (TPSA) is 212 Å². The third kappa shape index (κ3) is 7.47. The van der Waals surface area contributed by atoms with Crippen LogP contribution in [0, 0.1) is 15.3 Å². The van der Waals surface area contributed by atoms with E-state index in [-0.39, 0.29) is 22.5 Å². The maximum absolute atomic E-state index is 10.7. The number of rotatable bonds is 3. The van der Waals surface area contributed by atoms with E-state index in [9.17, 15) is 19.5 Å². The van der Waals surface area contributed by atoms with Crippen LogP contribution in [0.15, 0.2) is 18.2 Å². The molecule has 1 aromatic carbocycles. The van der Waals surface area contributed by atoms with Crippen LogP contribution in [0.25, 0.3) is 0 Å². The van der Waals surface area contributed by atoms with Gasteiger partial charge in [-0.3, -0.25) is 0 Å². The van der Waals surface area contributed by atoms with Crippen molar-refractivity contribution < 1.29 is 57.3 Å². The van der Waals surface area contributed by atoms with Crippen molar-refractivity contribution in [1.82, 2.24) is 0 Å². The molecular formula is C9H7CuNO10. The Labute approximate surface area is 126 Å². The molecule has 1 aromatic rings. The van der Waals surface area contributed by atoms with Gasteiger partial charge in [-0.1, -0.05) is 12.1 Å². The zero-order chi connectivity index (χ0) is 15.2. The Hall–Kier alpha value is -2.69. The summed E-state index contributed by atoms with van der Waals surface area (Å²) in [5, 5.41) is 42.6. The zero-order valence-corrected chi connectivity index (χ0v) is 10.7. The molecular weight excluding hydrogens is 346 g/mol. The molecule has 0 aliphatic carbocycles. The first-order chi connectivity index (χ1) is 8.68. The van der Waals surface area contributed by atoms with Crippen molar-refractivity contribution in [3.05, 3.63) is 50.2 Å². The fraction of sp³-hybridized carbons (Fsp3) is 0. The van der Waals surface area contributed by atoms with Crippen LogP contribution in [0.2, 0.25) is 0 Å². The van der Waals surface area contributed by atoms with Crippen molar-refractivity contribution in [2.45, 2.75) is 0 Å². The van der Waals surface area contributed by atoms with Gasteiger partial charge in [-0.15, -0.1) is 0 Å². The molecule has 0 aliphatic heterocycles. The van der Waals surface area contributed by atoms with Crippen LogP contribution in [-0.2, 0) is 17.1 Å². The van der Waals surface area contributed by atoms with E-state index in [4.69, 9.17) is 25.5 Å². The summed E-state index contributed by atoms with van der Waals surface area (Å²) in [4.78, 5) is 40.1. The standard InChI is InChI=1S/C9H6O6.Cu.NO3.H2O/c10-7(11)4-2-1-3-5(8(12)13)6(4)9(14)15;;2-1(3)4;/h1-3H,(H,10,11)(H,12,13)(H,14,15);;;1H2/q;+2;-1;/p-1. The normalized spacial score (nSPS) is 8.00. The van der Waals surface area contributed by atoms with Gasteiger partial charge in [-0.25, -0.2) is 9.59 Å². The number of carbonyl (C=O) groups is 3. The van der Waals surface area contributed by atoms with Crippen LogP contribution in [-0.4, -0.2) is 38.7 Å². The maximum Gasteiger partial charge on any atom is 2.00 e. The predicted molar refractivity (Wildman–Crippen MR) is 58.7 cm³/mol. The SMILES string of the molecule is O.O=C([O-])c1cccc(C(=O)O)c1C(=O)O.O=[N+]([O-])[O-].[Cu+2]. The van der Waals surface area contributed by atoms with Crippen molar-refractivity contribution in [2.24, 2.45) is 0 Å². The van der Waals surface area contributed by atoms with Gasteiger partial charge >= 0.3 is 29.0 Å². The van der Waals surface area contributed by atoms with E-state index in [0.29, 0.717) is 0 Å². The maximum atomic E-state index is 10.7. The molecule has 0 aromatic heterocycles. The Balaban J connectivity index is -0.000000482. The fourth-order valence-electron chi connectivity index (χ4n) is 1.13. The molecule has 4 N–H and O–H groups in total. The van der Waals surface area contributed by atoms with Gasteiger partial charge in [0.25, 0.3) is 0 Å². The molecule has 0 amide bonds. The summed E-state index contributed by atoms with van der Waals surface area (Å²) in [5.41, 5.74) is -2.00. The van der Waals surface area contributed by atoms with Crippen LogP contribution < -0.4 is 5.11 Å². The summed E-state index contributed by atoms with van der Waals surface area (Å²) in [6.45, 7) is 0. The molecule has 0 saturated carbocycles. The molecule has 119 valence electrons. The van der Waals surface area contributed by atoms with Gasteiger partial charge in [0.1, 0.15) is 0 Å². The van der Waals surface area contributed by atoms with Gasteiger partial charge < -0.3 is 40.9 Å². The van der Waals surface area contributed by atoms with Crippen LogP contribution >= 0.6 is 0 Å². The van der Waals surface area contributed by atoms with Crippen LogP contribution in [0.3, 0.4) is 0 Å². The number of benzene rings is 1. The number of aromatic carboxylic acids is 3. The van der Waals surface area contributed by atoms with E-state index < -0.39 is 39.7 Å². The second kappa shape index (κ2) is 10.1. The number of carboxylic acid groups (broad SMARTS) is 3. The molecule has 21 heavy (non-hydrogen) atoms. The van der Waals surface area contributed by atoms with Gasteiger partial charge in [0.15, 0.2) is 0 Å². The molecule has 0 unspecified atom stereocenters. The summed E-state index contributed by atoms with van der Waals surface area (Å²) in [6.07, 6.45) is 0. The third-order valence-corrected chi connectivity index (χ3v) is 1.73. The fourth-order valence-corrected chi connectivity index (χ4v) is 1.13. The number of carboxylic acids is 3. The van der Waals surface area contributed by atoms with E-state index in [1.165, 1.54) is 0 Å². The molecule has 1 rings (SSSR count). The van der Waals surface area contributed by atoms with Gasteiger partial charge in [0.2, 0.25) is 0 Å². The van der Waals surface area contributed by atoms with Gasteiger partial charge in [-0.2, -0.15) is 0 Å². The number of carbonyl (C=O) groups excluding carboxylic acids is 1. The number of hydrogen-bond acceptors (Lipinski definition) is 7. The van der Waals surface area contributed by atoms with E-state index in [1.54, 1.807) is 0 Å². The first-order valence-corrected chi connectivity index (χ1v) is 4.31. The molecule has 11 nitrogen and oxygen atoms in total. The quantitative estimate of drug-likeness (QED) is 0.362. The second-order valence-electron chi connectivity index (χ2n) is 2.85. The van der Waals surface area contributed by atoms with Gasteiger partial charge in [0, 0.05) is 5.56 Å². The minimum atomic E-state index is -1.75. The van der Waals surface area contributed by atoms with Crippen molar-refractivity contribution in [2.75, 3.05) is 0 Å². The summed E-state index contributed by atoms with van der Waals surface area (Å²) in [5.74, 6) is -4.85. The smallest absolute Gasteiger partial charge is 0.545 e. The van der Waals surface area contributed by atoms with Crippen molar-refractivity contribution in [1.29, 1.82) is 0 Å². The number of nitrogens with zero attached hydrogens (tertiary/aromatic N) is 1. The molecule has 0 fully saturated rings. The first-order valence-electron chi connectivity index (χ1n) is 4.31. The van der Waals surface area contributed by atoms with Crippen LogP contribution in [0.4, 0.5) is 0 Å². The average Bonchev–Trinajstić information content (AvgIpc) is 2.26. The Morgan fingerprint density at radius 2 is 1.38 bits per heavy atom. The van der Waals surface area contributed by atoms with E-state index in [1.807, 2.05) is 0 Å². The van der Waals surface area contributed by atoms with Crippen LogP contribution in [0.1, 0.15) is 31.1 Å². The first kappa shape index (κ1) is 23.4. The average molecular weight is 353 g/mol. The summed E-state index contributed by atoms with van der Waals surface area (Å²) in [7, 11) is 0. The van der Waals surface area contributed by atoms with E-state index in [0.717, 1.165) is 18.2 Å². The summed E-state index contributed by atoms with van der Waals surface area (Å²) >= 11 is 0. The molecule has 0 heterocycles. The molecule has 0 bridgehead atoms. The number of hydrogen-bond donors (Lipinski definition) is 2. The molecule has 0 atom stereocenters. The van der Waals surface area contributed by atoms with Crippen molar-refractivity contribution in [3.8, 4) is 0 Å². The Kier molecular flexibility index (Phi) is 11.3. The third-order valence-electron chi connectivity index (χ3n) is 1.73. The second-order valence-corrected chi connectivity index (χ2v) is 2.85. The van der Waals surface area contributed by atoms with E-state index in [2.05, 4.69) is 0 Å². The largest absolute Gasteiger partial charge is 2.00 e. The predicted octanol–water partition coefficient (Wildman–Crippen LogP) is -1.62. The zero-order valence-electron chi connectivity index (χ0n) is 9.73. The molecule has 0 aliphatic rings. The Morgan fingerprint density at radius 1 is 1.00 bits per heavy atom. The van der Waals surface area contributed by atoms with E-state index >= 15 is 0 Å². The Bertz CT molecular complexity index is 507. The summed E-state index contributed by atoms with van der Waals surface area (Å²) < 4.78 is 0. The van der Waals surface area contributed by atoms with Crippen molar-refractivity contribution in [3.63, 3.8) is 0 Å². The van der Waals surface area contributed by atoms with Gasteiger partial charge in [0.05, 0.1) is 22.2 Å². The molecule has 1 radical (unpaired) electrons. The van der Waals surface area contributed by atoms with Crippen LogP contribution in [0.5, 0.6) is 0 Å². The van der Waals surface area contributed by atoms with Crippen molar-refractivity contribution >= 4 is 17.9 Å². The molecule has 0 spiro atoms. The summed E-state index contributed by atoms with van der Waals surface area (Å²) in [6, 6.07) is 3.13. The minimum absolute atomic E-state index is 0. The molecule has 12 heteroatoms.